The minimum absolute atomic E-state index is 0.160. The van der Waals surface area contributed by atoms with Crippen molar-refractivity contribution in [1.82, 2.24) is 9.80 Å². The van der Waals surface area contributed by atoms with Gasteiger partial charge in [0.05, 0.1) is 0 Å². The molecule has 0 aromatic heterocycles. The summed E-state index contributed by atoms with van der Waals surface area (Å²) in [7, 11) is 0. The van der Waals surface area contributed by atoms with Gasteiger partial charge in [0.1, 0.15) is 12.1 Å². The van der Waals surface area contributed by atoms with Crippen molar-refractivity contribution in [3.05, 3.63) is 0 Å². The molecule has 5 heteroatoms. The van der Waals surface area contributed by atoms with Crippen LogP contribution in [0.1, 0.15) is 39.0 Å². The highest BCUT2D eigenvalue weighted by Gasteiger charge is 2.46. The summed E-state index contributed by atoms with van der Waals surface area (Å²) in [6.07, 6.45) is 5.06. The fourth-order valence-corrected chi connectivity index (χ4v) is 4.72. The number of piperidine rings is 1. The summed E-state index contributed by atoms with van der Waals surface area (Å²) in [6.45, 7) is 2.68. The molecule has 0 radical (unpaired) electrons. The number of carbonyl (C=O) groups excluding carboxylic acids is 2. The van der Waals surface area contributed by atoms with E-state index in [1.807, 2.05) is 28.5 Å². The molecule has 0 spiro atoms. The summed E-state index contributed by atoms with van der Waals surface area (Å²) in [4.78, 5) is 29.0. The van der Waals surface area contributed by atoms with Gasteiger partial charge in [0, 0.05) is 12.6 Å². The van der Waals surface area contributed by atoms with Crippen LogP contribution in [0.2, 0.25) is 0 Å². The van der Waals surface area contributed by atoms with Crippen LogP contribution in [0.4, 0.5) is 0 Å². The number of amides is 2. The molecule has 0 aromatic rings. The zero-order valence-corrected chi connectivity index (χ0v) is 12.3. The van der Waals surface area contributed by atoms with Crippen LogP contribution in [0, 0.1) is 0 Å². The van der Waals surface area contributed by atoms with Crippen molar-refractivity contribution in [1.29, 1.82) is 0 Å². The predicted octanol–water partition coefficient (Wildman–Crippen LogP) is 1.49. The quantitative estimate of drug-likeness (QED) is 0.732. The summed E-state index contributed by atoms with van der Waals surface area (Å²) in [5, 5.41) is 0. The van der Waals surface area contributed by atoms with E-state index in [-0.39, 0.29) is 29.9 Å². The first-order chi connectivity index (χ1) is 9.20. The first-order valence-corrected chi connectivity index (χ1v) is 8.56. The Bertz CT molecular complexity index is 382. The molecule has 0 aliphatic carbocycles. The molecule has 3 heterocycles. The lowest BCUT2D eigenvalue weighted by Gasteiger charge is -2.49. The van der Waals surface area contributed by atoms with E-state index in [1.165, 1.54) is 0 Å². The molecule has 2 atom stereocenters. The Morgan fingerprint density at radius 1 is 1.05 bits per heavy atom. The van der Waals surface area contributed by atoms with Crippen LogP contribution >= 0.6 is 11.8 Å². The number of hydrogen-bond donors (Lipinski definition) is 0. The number of carbonyl (C=O) groups is 2. The molecule has 19 heavy (non-hydrogen) atoms. The van der Waals surface area contributed by atoms with Crippen molar-refractivity contribution in [3.8, 4) is 0 Å². The topological polar surface area (TPSA) is 40.6 Å². The maximum atomic E-state index is 12.7. The number of hydrogen-bond acceptors (Lipinski definition) is 3. The third-order valence-electron chi connectivity index (χ3n) is 4.68. The van der Waals surface area contributed by atoms with Crippen molar-refractivity contribution in [2.75, 3.05) is 18.1 Å². The Kier molecular flexibility index (Phi) is 3.74. The van der Waals surface area contributed by atoms with Gasteiger partial charge in [0.15, 0.2) is 0 Å². The van der Waals surface area contributed by atoms with E-state index in [0.29, 0.717) is 0 Å². The van der Waals surface area contributed by atoms with Crippen LogP contribution in [0.25, 0.3) is 0 Å². The summed E-state index contributed by atoms with van der Waals surface area (Å²) in [5.74, 6) is 2.61. The van der Waals surface area contributed by atoms with Crippen molar-refractivity contribution in [2.24, 2.45) is 0 Å². The maximum Gasteiger partial charge on any atom is 0.246 e. The van der Waals surface area contributed by atoms with Crippen molar-refractivity contribution in [3.63, 3.8) is 0 Å². The molecule has 3 aliphatic rings. The Morgan fingerprint density at radius 3 is 2.53 bits per heavy atom. The molecule has 2 unspecified atom stereocenters. The second kappa shape index (κ2) is 5.35. The first kappa shape index (κ1) is 13.3. The smallest absolute Gasteiger partial charge is 0.246 e. The van der Waals surface area contributed by atoms with E-state index in [2.05, 4.69) is 0 Å². The lowest BCUT2D eigenvalue weighted by atomic mass is 9.93. The Morgan fingerprint density at radius 2 is 1.79 bits per heavy atom. The summed E-state index contributed by atoms with van der Waals surface area (Å²) >= 11 is 1.96. The van der Waals surface area contributed by atoms with E-state index in [9.17, 15) is 9.59 Å². The Balaban J connectivity index is 1.83. The molecule has 0 aromatic carbocycles. The molecule has 0 bridgehead atoms. The van der Waals surface area contributed by atoms with Gasteiger partial charge in [-0.05, 0) is 50.5 Å². The molecule has 3 saturated heterocycles. The van der Waals surface area contributed by atoms with Gasteiger partial charge in [-0.3, -0.25) is 9.59 Å². The number of thioether (sulfide) groups is 1. The van der Waals surface area contributed by atoms with Crippen molar-refractivity contribution < 1.29 is 9.59 Å². The van der Waals surface area contributed by atoms with Gasteiger partial charge in [-0.15, -0.1) is 0 Å². The Labute approximate surface area is 118 Å². The van der Waals surface area contributed by atoms with Gasteiger partial charge < -0.3 is 9.80 Å². The van der Waals surface area contributed by atoms with Gasteiger partial charge in [-0.2, -0.15) is 11.8 Å². The summed E-state index contributed by atoms with van der Waals surface area (Å²) < 4.78 is 0. The molecule has 3 aliphatic heterocycles. The SMILES string of the molecule is CC1C(=O)N2CCCCC2C(=O)N1C1CCSCC1. The van der Waals surface area contributed by atoms with Crippen LogP contribution < -0.4 is 0 Å². The average molecular weight is 282 g/mol. The van der Waals surface area contributed by atoms with Crippen LogP contribution in [-0.2, 0) is 9.59 Å². The van der Waals surface area contributed by atoms with Crippen molar-refractivity contribution in [2.45, 2.75) is 57.2 Å². The molecule has 2 amide bonds. The average Bonchev–Trinajstić information content (AvgIpc) is 2.46. The maximum absolute atomic E-state index is 12.7. The number of fused-ring (bicyclic) bond motifs is 1. The van der Waals surface area contributed by atoms with E-state index in [4.69, 9.17) is 0 Å². The summed E-state index contributed by atoms with van der Waals surface area (Å²) in [6, 6.07) is -0.126. The van der Waals surface area contributed by atoms with Crippen LogP contribution in [0.3, 0.4) is 0 Å². The second-order valence-corrected chi connectivity index (χ2v) is 7.03. The largest absolute Gasteiger partial charge is 0.329 e. The molecular weight excluding hydrogens is 260 g/mol. The Hall–Kier alpha value is -0.710. The van der Waals surface area contributed by atoms with E-state index in [1.54, 1.807) is 0 Å². The molecular formula is C14H22N2O2S. The highest BCUT2D eigenvalue weighted by atomic mass is 32.2. The molecule has 3 fully saturated rings. The zero-order valence-electron chi connectivity index (χ0n) is 11.5. The van der Waals surface area contributed by atoms with Crippen LogP contribution in [0.15, 0.2) is 0 Å². The number of nitrogens with zero attached hydrogens (tertiary/aromatic N) is 2. The lowest BCUT2D eigenvalue weighted by Crippen LogP contribution is -2.67. The van der Waals surface area contributed by atoms with E-state index >= 15 is 0 Å². The lowest BCUT2D eigenvalue weighted by molar-refractivity contribution is -0.165. The summed E-state index contributed by atoms with van der Waals surface area (Å²) in [5.41, 5.74) is 0. The van der Waals surface area contributed by atoms with E-state index in [0.717, 1.165) is 50.2 Å². The minimum atomic E-state index is -0.255. The molecule has 0 saturated carbocycles. The van der Waals surface area contributed by atoms with Gasteiger partial charge in [0.2, 0.25) is 11.8 Å². The normalized spacial score (nSPS) is 33.5. The number of rotatable bonds is 1. The molecule has 106 valence electrons. The first-order valence-electron chi connectivity index (χ1n) is 7.40. The van der Waals surface area contributed by atoms with Crippen LogP contribution in [0.5, 0.6) is 0 Å². The van der Waals surface area contributed by atoms with Crippen LogP contribution in [-0.4, -0.2) is 57.8 Å². The fraction of sp³-hybridized carbons (Fsp3) is 0.857. The predicted molar refractivity (Wildman–Crippen MR) is 76.0 cm³/mol. The minimum Gasteiger partial charge on any atom is -0.329 e. The van der Waals surface area contributed by atoms with Crippen molar-refractivity contribution >= 4 is 23.6 Å². The third-order valence-corrected chi connectivity index (χ3v) is 5.73. The monoisotopic (exact) mass is 282 g/mol. The molecule has 3 rings (SSSR count). The standard InChI is InChI=1S/C14H22N2O2S/c1-10-13(17)15-7-3-2-4-12(15)14(18)16(10)11-5-8-19-9-6-11/h10-12H,2-9H2,1H3. The molecule has 0 N–H and O–H groups in total. The highest BCUT2D eigenvalue weighted by Crippen LogP contribution is 2.31. The fourth-order valence-electron chi connectivity index (χ4n) is 3.63. The second-order valence-electron chi connectivity index (χ2n) is 5.81. The number of piperazine rings is 1. The highest BCUT2D eigenvalue weighted by molar-refractivity contribution is 7.99. The van der Waals surface area contributed by atoms with Gasteiger partial charge in [-0.1, -0.05) is 0 Å². The third kappa shape index (κ3) is 2.26. The zero-order chi connectivity index (χ0) is 13.4. The van der Waals surface area contributed by atoms with Gasteiger partial charge in [0.25, 0.3) is 0 Å². The van der Waals surface area contributed by atoms with Gasteiger partial charge in [-0.25, -0.2) is 0 Å². The molecule has 4 nitrogen and oxygen atoms in total. The van der Waals surface area contributed by atoms with E-state index < -0.39 is 0 Å². The van der Waals surface area contributed by atoms with Gasteiger partial charge >= 0.3 is 0 Å².